The van der Waals surface area contributed by atoms with Crippen LogP contribution < -0.4 is 5.43 Å². The van der Waals surface area contributed by atoms with Crippen molar-refractivity contribution in [1.29, 1.82) is 0 Å². The van der Waals surface area contributed by atoms with Crippen molar-refractivity contribution in [3.63, 3.8) is 0 Å². The Morgan fingerprint density at radius 3 is 2.24 bits per heavy atom. The van der Waals surface area contributed by atoms with Crippen molar-refractivity contribution in [2.24, 2.45) is 5.92 Å². The van der Waals surface area contributed by atoms with Gasteiger partial charge in [0, 0.05) is 43.7 Å². The van der Waals surface area contributed by atoms with Crippen LogP contribution in [0.3, 0.4) is 0 Å². The molecular weight excluding hydrogens is 534 g/mol. The van der Waals surface area contributed by atoms with Gasteiger partial charge in [-0.15, -0.1) is 0 Å². The highest BCUT2D eigenvalue weighted by Gasteiger charge is 2.40. The van der Waals surface area contributed by atoms with Crippen LogP contribution in [-0.2, 0) is 33.2 Å². The maximum Gasteiger partial charge on any atom is 0.288 e. The van der Waals surface area contributed by atoms with Crippen molar-refractivity contribution in [1.82, 2.24) is 4.90 Å². The number of nitrogens with zero attached hydrogens (tertiary/aromatic N) is 1. The molecular formula is C30H41NO10. The lowest BCUT2D eigenvalue weighted by Gasteiger charge is -2.37. The lowest BCUT2D eigenvalue weighted by atomic mass is 9.81. The number of aliphatic hydroxyl groups is 1. The van der Waals surface area contributed by atoms with Gasteiger partial charge >= 0.3 is 0 Å². The van der Waals surface area contributed by atoms with Gasteiger partial charge in [0.25, 0.3) is 5.91 Å². The molecule has 226 valence electrons. The predicted molar refractivity (Wildman–Crippen MR) is 149 cm³/mol. The van der Waals surface area contributed by atoms with Gasteiger partial charge in [0.1, 0.15) is 5.58 Å². The number of rotatable bonds is 7. The summed E-state index contributed by atoms with van der Waals surface area (Å²) in [5.41, 5.74) is 0.722. The molecule has 0 bridgehead atoms. The summed E-state index contributed by atoms with van der Waals surface area (Å²) in [6.45, 7) is 6.05. The van der Waals surface area contributed by atoms with Crippen LogP contribution in [0.25, 0.3) is 11.0 Å². The van der Waals surface area contributed by atoms with Gasteiger partial charge in [-0.25, -0.2) is 0 Å². The minimum absolute atomic E-state index is 0.0201. The summed E-state index contributed by atoms with van der Waals surface area (Å²) in [5, 5.41) is 10.0. The molecule has 4 rings (SSSR count). The van der Waals surface area contributed by atoms with Gasteiger partial charge in [-0.05, 0) is 38.0 Å². The Hall–Kier alpha value is -2.80. The van der Waals surface area contributed by atoms with Crippen LogP contribution in [0.4, 0.5) is 0 Å². The van der Waals surface area contributed by atoms with E-state index in [2.05, 4.69) is 0 Å². The fourth-order valence-electron chi connectivity index (χ4n) is 5.02. The number of ether oxygens (including phenoxy) is 6. The van der Waals surface area contributed by atoms with Gasteiger partial charge < -0.3 is 42.8 Å². The number of carbonyl (C=O) groups excluding carboxylic acids is 1. The third kappa shape index (κ3) is 8.60. The number of carbonyl (C=O) groups is 1. The number of para-hydroxylation sites is 1. The zero-order chi connectivity index (χ0) is 28.9. The Labute approximate surface area is 239 Å². The van der Waals surface area contributed by atoms with Gasteiger partial charge in [0.15, 0.2) is 11.2 Å². The van der Waals surface area contributed by atoms with E-state index in [4.69, 9.17) is 32.8 Å². The zero-order valence-corrected chi connectivity index (χ0v) is 23.7. The second-order valence-electron chi connectivity index (χ2n) is 9.79. The van der Waals surface area contributed by atoms with Gasteiger partial charge in [-0.2, -0.15) is 0 Å². The molecule has 0 spiro atoms. The second-order valence-corrected chi connectivity index (χ2v) is 9.79. The summed E-state index contributed by atoms with van der Waals surface area (Å²) < 4.78 is 40.3. The normalized spacial score (nSPS) is 23.7. The molecule has 41 heavy (non-hydrogen) atoms. The Morgan fingerprint density at radius 2 is 1.61 bits per heavy atom. The topological polar surface area (TPSA) is 126 Å². The van der Waals surface area contributed by atoms with Crippen LogP contribution >= 0.6 is 0 Å². The monoisotopic (exact) mass is 575 g/mol. The van der Waals surface area contributed by atoms with Gasteiger partial charge in [0.05, 0.1) is 64.5 Å². The zero-order valence-electron chi connectivity index (χ0n) is 23.7. The highest BCUT2D eigenvalue weighted by molar-refractivity contribution is 5.92. The van der Waals surface area contributed by atoms with E-state index >= 15 is 0 Å². The third-order valence-electron chi connectivity index (χ3n) is 7.10. The van der Waals surface area contributed by atoms with Crippen molar-refractivity contribution >= 4 is 16.9 Å². The molecule has 11 heteroatoms. The first-order chi connectivity index (χ1) is 20.1. The number of fused-ring (bicyclic) bond motifs is 1. The van der Waals surface area contributed by atoms with Crippen LogP contribution in [0.1, 0.15) is 31.2 Å². The molecule has 1 fully saturated rings. The molecule has 0 unspecified atom stereocenters. The van der Waals surface area contributed by atoms with E-state index in [1.807, 2.05) is 6.92 Å². The summed E-state index contributed by atoms with van der Waals surface area (Å²) in [7, 11) is 0. The van der Waals surface area contributed by atoms with E-state index in [0.29, 0.717) is 102 Å². The minimum Gasteiger partial charge on any atom is -0.464 e. The van der Waals surface area contributed by atoms with Crippen molar-refractivity contribution in [2.75, 3.05) is 79.2 Å². The SMILES string of the molecule is CCO[C@H]1OC(C(=O)N2CCOCCOCCOCCOCC2)=C[C@@H](c2coc3ccccc3c2=O)[C@H]1CCCO. The first-order valence-electron chi connectivity index (χ1n) is 14.4. The molecule has 1 N–H and O–H groups in total. The van der Waals surface area contributed by atoms with Gasteiger partial charge in [-0.1, -0.05) is 12.1 Å². The van der Waals surface area contributed by atoms with Gasteiger partial charge in [-0.3, -0.25) is 9.59 Å². The van der Waals surface area contributed by atoms with Crippen molar-refractivity contribution < 1.29 is 42.7 Å². The molecule has 0 saturated carbocycles. The first kappa shape index (κ1) is 31.1. The van der Waals surface area contributed by atoms with Crippen molar-refractivity contribution in [3.8, 4) is 0 Å². The van der Waals surface area contributed by atoms with E-state index in [0.717, 1.165) is 0 Å². The predicted octanol–water partition coefficient (Wildman–Crippen LogP) is 2.45. The van der Waals surface area contributed by atoms with Crippen LogP contribution in [0.2, 0.25) is 0 Å². The molecule has 1 amide bonds. The number of amides is 1. The van der Waals surface area contributed by atoms with Gasteiger partial charge in [0.2, 0.25) is 6.29 Å². The molecule has 11 nitrogen and oxygen atoms in total. The maximum atomic E-state index is 13.9. The number of hydrogen-bond acceptors (Lipinski definition) is 10. The average Bonchev–Trinajstić information content (AvgIpc) is 3.00. The van der Waals surface area contributed by atoms with Crippen LogP contribution in [0.5, 0.6) is 0 Å². The molecule has 1 aromatic carbocycles. The van der Waals surface area contributed by atoms with E-state index in [-0.39, 0.29) is 29.6 Å². The maximum absolute atomic E-state index is 13.9. The number of allylic oxidation sites excluding steroid dienone is 1. The highest BCUT2D eigenvalue weighted by atomic mass is 16.7. The number of hydrogen-bond donors (Lipinski definition) is 1. The molecule has 1 saturated heterocycles. The molecule has 0 aliphatic carbocycles. The second kappa shape index (κ2) is 16.6. The lowest BCUT2D eigenvalue weighted by molar-refractivity contribution is -0.171. The Bertz CT molecular complexity index is 1170. The fourth-order valence-corrected chi connectivity index (χ4v) is 5.02. The van der Waals surface area contributed by atoms with E-state index in [1.165, 1.54) is 6.26 Å². The average molecular weight is 576 g/mol. The lowest BCUT2D eigenvalue weighted by Crippen LogP contribution is -2.43. The quantitative estimate of drug-likeness (QED) is 0.526. The summed E-state index contributed by atoms with van der Waals surface area (Å²) in [5.74, 6) is -1.12. The molecule has 1 aromatic heterocycles. The van der Waals surface area contributed by atoms with Crippen LogP contribution in [-0.4, -0.2) is 101 Å². The number of benzene rings is 1. The standard InChI is InChI=1S/C30H41NO10/c1-2-39-30-22(7-5-11-32)24(25-21-40-26-8-4-3-6-23(26)28(25)33)20-27(41-30)29(34)31-9-12-35-14-16-37-18-19-38-17-15-36-13-10-31/h3-4,6,8,20-22,24,30,32H,2,5,7,9-19H2,1H3/t22-,24-,30+/m1/s1. The summed E-state index contributed by atoms with van der Waals surface area (Å²) in [6.07, 6.45) is 3.37. The minimum atomic E-state index is -0.795. The van der Waals surface area contributed by atoms with Crippen LogP contribution in [0, 0.1) is 5.92 Å². The summed E-state index contributed by atoms with van der Waals surface area (Å²) in [6, 6.07) is 7.06. The van der Waals surface area contributed by atoms with Crippen LogP contribution in [0.15, 0.2) is 51.6 Å². The molecule has 2 aliphatic heterocycles. The fraction of sp³-hybridized carbons (Fsp3) is 0.600. The summed E-state index contributed by atoms with van der Waals surface area (Å²) >= 11 is 0. The molecule has 2 aromatic rings. The molecule has 0 radical (unpaired) electrons. The van der Waals surface area contributed by atoms with Crippen molar-refractivity contribution in [2.45, 2.75) is 32.0 Å². The Morgan fingerprint density at radius 1 is 0.976 bits per heavy atom. The Balaban J connectivity index is 1.63. The van der Waals surface area contributed by atoms with Crippen molar-refractivity contribution in [3.05, 3.63) is 58.2 Å². The smallest absolute Gasteiger partial charge is 0.288 e. The largest absolute Gasteiger partial charge is 0.464 e. The highest BCUT2D eigenvalue weighted by Crippen LogP contribution is 2.39. The first-order valence-corrected chi connectivity index (χ1v) is 14.4. The van der Waals surface area contributed by atoms with E-state index < -0.39 is 12.2 Å². The number of aliphatic hydroxyl groups excluding tert-OH is 1. The Kier molecular flexibility index (Phi) is 12.6. The van der Waals surface area contributed by atoms with E-state index in [1.54, 1.807) is 35.2 Å². The summed E-state index contributed by atoms with van der Waals surface area (Å²) in [4.78, 5) is 29.1. The molecule has 2 aliphatic rings. The van der Waals surface area contributed by atoms with E-state index in [9.17, 15) is 14.7 Å². The molecule has 3 atom stereocenters. The molecule has 3 heterocycles. The third-order valence-corrected chi connectivity index (χ3v) is 7.10.